The summed E-state index contributed by atoms with van der Waals surface area (Å²) in [6, 6.07) is 0. The SMILES string of the molecule is CNS(=O)(=O)NCCc1noc(C(C)(C)C)n1. The highest BCUT2D eigenvalue weighted by molar-refractivity contribution is 7.87. The fraction of sp³-hybridized carbons (Fsp3) is 0.778. The summed E-state index contributed by atoms with van der Waals surface area (Å²) in [4.78, 5) is 4.19. The predicted octanol–water partition coefficient (Wildman–Crippen LogP) is -0.0366. The largest absolute Gasteiger partial charge is 0.339 e. The first kappa shape index (κ1) is 14.1. The monoisotopic (exact) mass is 262 g/mol. The summed E-state index contributed by atoms with van der Waals surface area (Å²) in [5, 5.41) is 3.79. The Labute approximate surface area is 101 Å². The standard InChI is InChI=1S/C9H18N4O3S/c1-9(2,3)8-12-7(13-16-8)5-6-11-17(14,15)10-4/h10-11H,5-6H2,1-4H3. The molecule has 1 aromatic heterocycles. The van der Waals surface area contributed by atoms with Gasteiger partial charge in [0.15, 0.2) is 5.82 Å². The smallest absolute Gasteiger partial charge is 0.276 e. The van der Waals surface area contributed by atoms with Crippen molar-refractivity contribution in [1.82, 2.24) is 19.6 Å². The molecule has 8 heteroatoms. The Morgan fingerprint density at radius 3 is 2.47 bits per heavy atom. The number of aromatic nitrogens is 2. The molecule has 0 fully saturated rings. The Balaban J connectivity index is 2.52. The van der Waals surface area contributed by atoms with E-state index in [-0.39, 0.29) is 12.0 Å². The molecule has 0 radical (unpaired) electrons. The Hall–Kier alpha value is -0.990. The molecule has 1 aromatic rings. The molecular weight excluding hydrogens is 244 g/mol. The Bertz CT molecular complexity index is 461. The maximum absolute atomic E-state index is 11.1. The minimum atomic E-state index is -3.40. The van der Waals surface area contributed by atoms with Crippen molar-refractivity contribution in [3.63, 3.8) is 0 Å². The van der Waals surface area contributed by atoms with Gasteiger partial charge in [-0.15, -0.1) is 0 Å². The highest BCUT2D eigenvalue weighted by Gasteiger charge is 2.21. The van der Waals surface area contributed by atoms with Gasteiger partial charge in [-0.3, -0.25) is 0 Å². The van der Waals surface area contributed by atoms with Crippen molar-refractivity contribution in [2.45, 2.75) is 32.6 Å². The number of hydrogen-bond acceptors (Lipinski definition) is 5. The number of nitrogens with one attached hydrogen (secondary N) is 2. The molecule has 0 atom stereocenters. The van der Waals surface area contributed by atoms with Crippen molar-refractivity contribution in [3.8, 4) is 0 Å². The number of rotatable bonds is 5. The fourth-order valence-corrected chi connectivity index (χ4v) is 1.54. The maximum Gasteiger partial charge on any atom is 0.276 e. The van der Waals surface area contributed by atoms with Gasteiger partial charge in [-0.2, -0.15) is 13.4 Å². The lowest BCUT2D eigenvalue weighted by molar-refractivity contribution is 0.318. The third-order valence-electron chi connectivity index (χ3n) is 2.02. The van der Waals surface area contributed by atoms with E-state index in [4.69, 9.17) is 4.52 Å². The van der Waals surface area contributed by atoms with E-state index in [9.17, 15) is 8.42 Å². The van der Waals surface area contributed by atoms with Gasteiger partial charge in [0.2, 0.25) is 5.89 Å². The molecule has 0 aliphatic carbocycles. The van der Waals surface area contributed by atoms with Gasteiger partial charge >= 0.3 is 0 Å². The first-order valence-electron chi connectivity index (χ1n) is 5.26. The first-order chi connectivity index (χ1) is 7.74. The molecular formula is C9H18N4O3S. The van der Waals surface area contributed by atoms with E-state index in [1.54, 1.807) is 0 Å². The Morgan fingerprint density at radius 2 is 2.00 bits per heavy atom. The van der Waals surface area contributed by atoms with Crippen LogP contribution < -0.4 is 9.44 Å². The molecule has 2 N–H and O–H groups in total. The Morgan fingerprint density at radius 1 is 1.35 bits per heavy atom. The molecule has 0 aliphatic heterocycles. The fourth-order valence-electron chi connectivity index (χ4n) is 1.03. The second kappa shape index (κ2) is 5.11. The summed E-state index contributed by atoms with van der Waals surface area (Å²) in [6.45, 7) is 6.13. The predicted molar refractivity (Wildman–Crippen MR) is 62.7 cm³/mol. The van der Waals surface area contributed by atoms with Gasteiger partial charge in [-0.25, -0.2) is 9.44 Å². The summed E-state index contributed by atoms with van der Waals surface area (Å²) < 4.78 is 31.7. The average molecular weight is 262 g/mol. The molecule has 1 rings (SSSR count). The molecule has 0 aliphatic rings. The van der Waals surface area contributed by atoms with Crippen LogP contribution >= 0.6 is 0 Å². The van der Waals surface area contributed by atoms with Gasteiger partial charge < -0.3 is 4.52 Å². The van der Waals surface area contributed by atoms with Crippen molar-refractivity contribution >= 4 is 10.2 Å². The van der Waals surface area contributed by atoms with Gasteiger partial charge in [0, 0.05) is 25.4 Å². The lowest BCUT2D eigenvalue weighted by Gasteiger charge is -2.10. The third-order valence-corrected chi connectivity index (χ3v) is 3.14. The van der Waals surface area contributed by atoms with Crippen molar-refractivity contribution in [2.75, 3.05) is 13.6 Å². The summed E-state index contributed by atoms with van der Waals surface area (Å²) in [5.74, 6) is 1.04. The summed E-state index contributed by atoms with van der Waals surface area (Å²) in [6.07, 6.45) is 0.389. The number of hydrogen-bond donors (Lipinski definition) is 2. The highest BCUT2D eigenvalue weighted by Crippen LogP contribution is 2.19. The molecule has 0 unspecified atom stereocenters. The molecule has 0 amide bonds. The lowest BCUT2D eigenvalue weighted by Crippen LogP contribution is -2.35. The molecule has 7 nitrogen and oxygen atoms in total. The second-order valence-corrected chi connectivity index (χ2v) is 6.32. The van der Waals surface area contributed by atoms with E-state index >= 15 is 0 Å². The van der Waals surface area contributed by atoms with Crippen LogP contribution in [0.1, 0.15) is 32.5 Å². The van der Waals surface area contributed by atoms with Gasteiger partial charge in [-0.1, -0.05) is 25.9 Å². The second-order valence-electron chi connectivity index (χ2n) is 4.62. The minimum Gasteiger partial charge on any atom is -0.339 e. The van der Waals surface area contributed by atoms with Crippen molar-refractivity contribution in [1.29, 1.82) is 0 Å². The van der Waals surface area contributed by atoms with Crippen molar-refractivity contribution in [3.05, 3.63) is 11.7 Å². The lowest BCUT2D eigenvalue weighted by atomic mass is 9.97. The van der Waals surface area contributed by atoms with Gasteiger partial charge in [0.25, 0.3) is 10.2 Å². The molecule has 0 bridgehead atoms. The highest BCUT2D eigenvalue weighted by atomic mass is 32.2. The van der Waals surface area contributed by atoms with Crippen LogP contribution in [0.2, 0.25) is 0 Å². The molecule has 0 saturated carbocycles. The van der Waals surface area contributed by atoms with Gasteiger partial charge in [0.05, 0.1) is 0 Å². The molecule has 0 spiro atoms. The van der Waals surface area contributed by atoms with Crippen LogP contribution in [0.4, 0.5) is 0 Å². The number of nitrogens with zero attached hydrogens (tertiary/aromatic N) is 2. The van der Waals surface area contributed by atoms with E-state index in [0.717, 1.165) is 0 Å². The Kier molecular flexibility index (Phi) is 4.23. The quantitative estimate of drug-likeness (QED) is 0.776. The summed E-state index contributed by atoms with van der Waals surface area (Å²) in [5.41, 5.74) is -0.199. The van der Waals surface area contributed by atoms with Crippen LogP contribution in [0.15, 0.2) is 4.52 Å². The maximum atomic E-state index is 11.1. The van der Waals surface area contributed by atoms with E-state index in [1.807, 2.05) is 20.8 Å². The summed E-state index contributed by atoms with van der Waals surface area (Å²) >= 11 is 0. The first-order valence-corrected chi connectivity index (χ1v) is 6.74. The third kappa shape index (κ3) is 4.41. The van der Waals surface area contributed by atoms with Crippen LogP contribution in [0.25, 0.3) is 0 Å². The van der Waals surface area contributed by atoms with Crippen LogP contribution in [0.5, 0.6) is 0 Å². The van der Waals surface area contributed by atoms with Crippen molar-refractivity contribution < 1.29 is 12.9 Å². The normalized spacial score (nSPS) is 12.9. The molecule has 0 saturated heterocycles. The zero-order valence-electron chi connectivity index (χ0n) is 10.4. The van der Waals surface area contributed by atoms with Crippen LogP contribution in [0, 0.1) is 0 Å². The molecule has 98 valence electrons. The topological polar surface area (TPSA) is 97.1 Å². The van der Waals surface area contributed by atoms with E-state index in [0.29, 0.717) is 18.1 Å². The van der Waals surface area contributed by atoms with Crippen LogP contribution in [0.3, 0.4) is 0 Å². The van der Waals surface area contributed by atoms with Gasteiger partial charge in [-0.05, 0) is 0 Å². The van der Waals surface area contributed by atoms with Gasteiger partial charge in [0.1, 0.15) is 0 Å². The van der Waals surface area contributed by atoms with E-state index < -0.39 is 10.2 Å². The zero-order valence-corrected chi connectivity index (χ0v) is 11.3. The van der Waals surface area contributed by atoms with Crippen molar-refractivity contribution in [2.24, 2.45) is 0 Å². The molecule has 1 heterocycles. The zero-order chi connectivity index (χ0) is 13.1. The van der Waals surface area contributed by atoms with E-state index in [1.165, 1.54) is 7.05 Å². The van der Waals surface area contributed by atoms with E-state index in [2.05, 4.69) is 19.6 Å². The minimum absolute atomic E-state index is 0.199. The summed E-state index contributed by atoms with van der Waals surface area (Å²) in [7, 11) is -2.06. The van der Waals surface area contributed by atoms with Crippen LogP contribution in [-0.4, -0.2) is 32.2 Å². The molecule has 17 heavy (non-hydrogen) atoms. The average Bonchev–Trinajstić information content (AvgIpc) is 2.66. The molecule has 0 aromatic carbocycles. The van der Waals surface area contributed by atoms with Crippen LogP contribution in [-0.2, 0) is 22.0 Å².